The zero-order chi connectivity index (χ0) is 19.1. The van der Waals surface area contributed by atoms with Crippen molar-refractivity contribution in [3.8, 4) is 0 Å². The lowest BCUT2D eigenvalue weighted by molar-refractivity contribution is -0.131. The molecule has 0 spiro atoms. The number of piperidine rings is 1. The number of aryl methyl sites for hydroxylation is 1. The quantitative estimate of drug-likeness (QED) is 0.719. The van der Waals surface area contributed by atoms with E-state index >= 15 is 0 Å². The molecule has 1 aromatic rings. The number of methoxy groups -OCH3 is 1. The topological polar surface area (TPSA) is 42.0 Å². The molecule has 1 aromatic carbocycles. The average Bonchev–Trinajstić information content (AvgIpc) is 2.70. The Balaban J connectivity index is 1.51. The number of amides is 1. The van der Waals surface area contributed by atoms with Crippen LogP contribution in [0.1, 0.15) is 17.5 Å². The molecular weight excluding hydrogens is 340 g/mol. The third kappa shape index (κ3) is 5.64. The molecule has 2 atom stereocenters. The minimum absolute atomic E-state index is 0.0925. The van der Waals surface area contributed by atoms with Gasteiger partial charge in [-0.3, -0.25) is 9.69 Å². The monoisotopic (exact) mass is 372 g/mol. The number of likely N-dealkylation sites (tertiary alicyclic amines) is 1. The van der Waals surface area contributed by atoms with Gasteiger partial charge in [-0.25, -0.2) is 0 Å². The van der Waals surface area contributed by atoms with Crippen molar-refractivity contribution in [3.63, 3.8) is 0 Å². The largest absolute Gasteiger partial charge is 0.379 e. The Morgan fingerprint density at radius 3 is 2.78 bits per heavy atom. The van der Waals surface area contributed by atoms with Crippen molar-refractivity contribution in [1.82, 2.24) is 9.80 Å². The van der Waals surface area contributed by atoms with E-state index in [0.29, 0.717) is 12.5 Å². The molecule has 2 aliphatic heterocycles. The summed E-state index contributed by atoms with van der Waals surface area (Å²) >= 11 is 0. The molecule has 5 nitrogen and oxygen atoms in total. The predicted molar refractivity (Wildman–Crippen MR) is 107 cm³/mol. The van der Waals surface area contributed by atoms with Crippen LogP contribution in [0.3, 0.4) is 0 Å². The molecule has 2 saturated heterocycles. The van der Waals surface area contributed by atoms with Crippen molar-refractivity contribution < 1.29 is 14.3 Å². The van der Waals surface area contributed by atoms with E-state index in [4.69, 9.17) is 9.47 Å². The summed E-state index contributed by atoms with van der Waals surface area (Å²) in [6.07, 6.45) is 5.80. The third-order valence-corrected chi connectivity index (χ3v) is 5.78. The fourth-order valence-electron chi connectivity index (χ4n) is 3.98. The summed E-state index contributed by atoms with van der Waals surface area (Å²) in [5.74, 6) is 0.553. The van der Waals surface area contributed by atoms with Crippen LogP contribution in [-0.2, 0) is 20.7 Å². The van der Waals surface area contributed by atoms with Crippen molar-refractivity contribution in [2.45, 2.75) is 25.9 Å². The third-order valence-electron chi connectivity index (χ3n) is 5.78. The molecule has 1 amide bonds. The fraction of sp³-hybridized carbons (Fsp3) is 0.591. The van der Waals surface area contributed by atoms with Gasteiger partial charge in [-0.05, 0) is 36.8 Å². The highest BCUT2D eigenvalue weighted by Gasteiger charge is 2.31. The SMILES string of the molecule is CO[C@@H]1CN(C(=O)/C=C/CN2CCOCC2)CC[C@@H]1Cc1ccccc1C. The smallest absolute Gasteiger partial charge is 0.246 e. The summed E-state index contributed by atoms with van der Waals surface area (Å²) in [5.41, 5.74) is 2.71. The number of carbonyl (C=O) groups is 1. The highest BCUT2D eigenvalue weighted by Crippen LogP contribution is 2.25. The molecule has 0 bridgehead atoms. The lowest BCUT2D eigenvalue weighted by Gasteiger charge is -2.37. The molecule has 2 aliphatic rings. The highest BCUT2D eigenvalue weighted by molar-refractivity contribution is 5.87. The van der Waals surface area contributed by atoms with E-state index in [2.05, 4.69) is 36.1 Å². The molecule has 3 rings (SSSR count). The Kier molecular flexibility index (Phi) is 7.44. The molecule has 2 heterocycles. The predicted octanol–water partition coefficient (Wildman–Crippen LogP) is 2.29. The molecule has 0 aromatic heterocycles. The van der Waals surface area contributed by atoms with Gasteiger partial charge in [-0.2, -0.15) is 0 Å². The molecule has 5 heteroatoms. The molecule has 0 saturated carbocycles. The second-order valence-electron chi connectivity index (χ2n) is 7.55. The lowest BCUT2D eigenvalue weighted by Crippen LogP contribution is -2.47. The molecular formula is C22H32N2O3. The maximum Gasteiger partial charge on any atom is 0.246 e. The summed E-state index contributed by atoms with van der Waals surface area (Å²) in [7, 11) is 1.76. The van der Waals surface area contributed by atoms with E-state index in [-0.39, 0.29) is 12.0 Å². The number of ether oxygens (including phenoxy) is 2. The van der Waals surface area contributed by atoms with Gasteiger partial charge in [0.15, 0.2) is 0 Å². The van der Waals surface area contributed by atoms with Gasteiger partial charge in [0.2, 0.25) is 5.91 Å². The summed E-state index contributed by atoms with van der Waals surface area (Å²) in [5, 5.41) is 0. The molecule has 0 aliphatic carbocycles. The first-order valence-electron chi connectivity index (χ1n) is 10.00. The normalized spacial score (nSPS) is 24.4. The maximum atomic E-state index is 12.6. The minimum atomic E-state index is 0.0925. The van der Waals surface area contributed by atoms with Crippen LogP contribution in [0.2, 0.25) is 0 Å². The Morgan fingerprint density at radius 2 is 2.04 bits per heavy atom. The summed E-state index contributed by atoms with van der Waals surface area (Å²) < 4.78 is 11.1. The van der Waals surface area contributed by atoms with Gasteiger partial charge in [-0.15, -0.1) is 0 Å². The van der Waals surface area contributed by atoms with Gasteiger partial charge >= 0.3 is 0 Å². The zero-order valence-corrected chi connectivity index (χ0v) is 16.6. The van der Waals surface area contributed by atoms with Crippen molar-refractivity contribution in [1.29, 1.82) is 0 Å². The number of carbonyl (C=O) groups excluding carboxylic acids is 1. The first kappa shape index (κ1) is 20.1. The van der Waals surface area contributed by atoms with Gasteiger partial charge in [0.25, 0.3) is 0 Å². The van der Waals surface area contributed by atoms with Crippen LogP contribution in [-0.4, -0.2) is 74.9 Å². The summed E-state index contributed by atoms with van der Waals surface area (Å²) in [6, 6.07) is 8.54. The van der Waals surface area contributed by atoms with E-state index in [1.54, 1.807) is 13.2 Å². The minimum Gasteiger partial charge on any atom is -0.379 e. The standard InChI is InChI=1S/C22H32N2O3/c1-18-6-3-4-7-19(18)16-20-9-11-24(17-21(20)26-2)22(25)8-5-10-23-12-14-27-15-13-23/h3-8,20-21H,9-17H2,1-2H3/b8-5+/t20-,21-/m1/s1. The van der Waals surface area contributed by atoms with Crippen molar-refractivity contribution in [3.05, 3.63) is 47.5 Å². The van der Waals surface area contributed by atoms with Crippen LogP contribution < -0.4 is 0 Å². The van der Waals surface area contributed by atoms with E-state index in [1.165, 1.54) is 11.1 Å². The fourth-order valence-corrected chi connectivity index (χ4v) is 3.98. The number of rotatable bonds is 6. The first-order valence-corrected chi connectivity index (χ1v) is 10.00. The Labute approximate surface area is 162 Å². The van der Waals surface area contributed by atoms with Gasteiger partial charge < -0.3 is 14.4 Å². The second-order valence-corrected chi connectivity index (χ2v) is 7.55. The van der Waals surface area contributed by atoms with E-state index in [0.717, 1.165) is 52.2 Å². The molecule has 27 heavy (non-hydrogen) atoms. The van der Waals surface area contributed by atoms with Crippen LogP contribution in [0.5, 0.6) is 0 Å². The summed E-state index contributed by atoms with van der Waals surface area (Å²) in [4.78, 5) is 16.8. The van der Waals surface area contributed by atoms with Crippen LogP contribution in [0.25, 0.3) is 0 Å². The number of nitrogens with zero attached hydrogens (tertiary/aromatic N) is 2. The van der Waals surface area contributed by atoms with Crippen molar-refractivity contribution in [2.24, 2.45) is 5.92 Å². The van der Waals surface area contributed by atoms with E-state index in [1.807, 2.05) is 11.0 Å². The number of morpholine rings is 1. The Hall–Kier alpha value is -1.69. The highest BCUT2D eigenvalue weighted by atomic mass is 16.5. The second kappa shape index (κ2) is 10.0. The van der Waals surface area contributed by atoms with Crippen LogP contribution in [0.4, 0.5) is 0 Å². The van der Waals surface area contributed by atoms with Gasteiger partial charge in [-0.1, -0.05) is 30.3 Å². The molecule has 148 valence electrons. The summed E-state index contributed by atoms with van der Waals surface area (Å²) in [6.45, 7) is 7.90. The van der Waals surface area contributed by atoms with Crippen LogP contribution in [0.15, 0.2) is 36.4 Å². The van der Waals surface area contributed by atoms with Gasteiger partial charge in [0, 0.05) is 45.9 Å². The van der Waals surface area contributed by atoms with Gasteiger partial charge in [0.1, 0.15) is 0 Å². The Morgan fingerprint density at radius 1 is 1.26 bits per heavy atom. The van der Waals surface area contributed by atoms with E-state index < -0.39 is 0 Å². The van der Waals surface area contributed by atoms with Crippen LogP contribution >= 0.6 is 0 Å². The molecule has 0 N–H and O–H groups in total. The van der Waals surface area contributed by atoms with Crippen LogP contribution in [0, 0.1) is 12.8 Å². The number of hydrogen-bond donors (Lipinski definition) is 0. The Bertz CT molecular complexity index is 640. The van der Waals surface area contributed by atoms with Crippen molar-refractivity contribution in [2.75, 3.05) is 53.0 Å². The number of hydrogen-bond acceptors (Lipinski definition) is 4. The van der Waals surface area contributed by atoms with Gasteiger partial charge in [0.05, 0.1) is 19.3 Å². The maximum absolute atomic E-state index is 12.6. The lowest BCUT2D eigenvalue weighted by atomic mass is 9.86. The zero-order valence-electron chi connectivity index (χ0n) is 16.6. The molecule has 2 fully saturated rings. The van der Waals surface area contributed by atoms with Crippen molar-refractivity contribution >= 4 is 5.91 Å². The number of benzene rings is 1. The molecule has 0 unspecified atom stereocenters. The average molecular weight is 373 g/mol. The molecule has 0 radical (unpaired) electrons. The first-order chi connectivity index (χ1) is 13.2. The van der Waals surface area contributed by atoms with E-state index in [9.17, 15) is 4.79 Å².